The minimum Gasteiger partial charge on any atom is -2.00 e. The number of hydrogen-bond donors (Lipinski definition) is 0. The summed E-state index contributed by atoms with van der Waals surface area (Å²) in [7, 11) is 0. The van der Waals surface area contributed by atoms with Gasteiger partial charge in [-0.3, -0.25) is 0 Å². The Kier molecular flexibility index (Phi) is 12.4. The Balaban J connectivity index is 0. The fraction of sp³-hybridized carbons (Fsp3) is 1.00. The molecule has 0 saturated carbocycles. The maximum Gasteiger partial charge on any atom is -2.00 e. The van der Waals surface area contributed by atoms with Crippen molar-refractivity contribution in [3.63, 3.8) is 0 Å². The minimum absolute atomic E-state index is 0. The Morgan fingerprint density at radius 3 is 2.20 bits per heavy atom. The average molecular weight is 185 g/mol. The summed E-state index contributed by atoms with van der Waals surface area (Å²) in [6.07, 6.45) is 5.41. The van der Waals surface area contributed by atoms with Crippen LogP contribution in [0.3, 0.4) is 0 Å². The van der Waals surface area contributed by atoms with Gasteiger partial charge in [0.2, 0.25) is 0 Å². The summed E-state index contributed by atoms with van der Waals surface area (Å²) in [6, 6.07) is 0. The van der Waals surface area contributed by atoms with Gasteiger partial charge in [-0.25, -0.2) is 0 Å². The molecule has 0 saturated heterocycles. The maximum atomic E-state index is 3.91. The molecule has 0 spiro atoms. The standard InChI is InChI=1S/C8H17.Fe.O/c1-4-6-7-8(3)5-2;;/h8H,3-7H2,1-2H3;;/q;+2;-2. The minimum atomic E-state index is 0. The molecule has 0 aromatic carbocycles. The molecular weight excluding hydrogens is 168 g/mol. The smallest absolute Gasteiger partial charge is 2.00 e. The summed E-state index contributed by atoms with van der Waals surface area (Å²) in [5.41, 5.74) is 0. The van der Waals surface area contributed by atoms with Crippen molar-refractivity contribution in [2.24, 2.45) is 5.92 Å². The molecule has 1 atom stereocenters. The van der Waals surface area contributed by atoms with E-state index in [2.05, 4.69) is 29.9 Å². The van der Waals surface area contributed by atoms with E-state index in [0.717, 1.165) is 11.2 Å². The van der Waals surface area contributed by atoms with Gasteiger partial charge in [-0.2, -0.15) is 0 Å². The number of hydrogen-bond acceptors (Lipinski definition) is 0. The molecule has 0 fully saturated rings. The molecular formula is C8H17FeO. The normalized spacial score (nSPS) is 12.2. The molecule has 0 heterocycles. The van der Waals surface area contributed by atoms with E-state index in [9.17, 15) is 0 Å². The summed E-state index contributed by atoms with van der Waals surface area (Å²) in [4.78, 5) is 0. The second kappa shape index (κ2) is 9.48. The van der Waals surface area contributed by atoms with E-state index in [-0.39, 0.29) is 5.48 Å². The molecule has 10 heavy (non-hydrogen) atoms. The predicted molar refractivity (Wildman–Crippen MR) is 38.8 cm³/mol. The van der Waals surface area contributed by atoms with Crippen molar-refractivity contribution in [2.45, 2.75) is 44.9 Å². The van der Waals surface area contributed by atoms with Crippen LogP contribution in [-0.2, 0) is 21.5 Å². The quantitative estimate of drug-likeness (QED) is 0.589. The molecule has 63 valence electrons. The van der Waals surface area contributed by atoms with Gasteiger partial charge in [0.1, 0.15) is 0 Å². The zero-order valence-corrected chi connectivity index (χ0v) is 7.98. The Labute approximate surface area is 72.7 Å². The summed E-state index contributed by atoms with van der Waals surface area (Å²) in [5, 5.41) is 1.12. The zero-order valence-electron chi connectivity index (χ0n) is 6.87. The van der Waals surface area contributed by atoms with E-state index >= 15 is 0 Å². The Morgan fingerprint density at radius 1 is 1.30 bits per heavy atom. The van der Waals surface area contributed by atoms with E-state index < -0.39 is 0 Å². The molecule has 0 aliphatic heterocycles. The first-order chi connectivity index (χ1) is 4.35. The predicted octanol–water partition coefficient (Wildman–Crippen LogP) is 3.05. The van der Waals surface area contributed by atoms with E-state index in [1.165, 1.54) is 25.7 Å². The van der Waals surface area contributed by atoms with Gasteiger partial charge in [-0.15, -0.1) is 0 Å². The zero-order chi connectivity index (χ0) is 7.11. The van der Waals surface area contributed by atoms with Crippen molar-refractivity contribution >= 4 is 0 Å². The molecule has 0 bridgehead atoms. The van der Waals surface area contributed by atoms with Gasteiger partial charge in [-0.05, 0) is 0 Å². The van der Waals surface area contributed by atoms with Crippen molar-refractivity contribution in [3.8, 4) is 0 Å². The van der Waals surface area contributed by atoms with Crippen LogP contribution in [0.1, 0.15) is 39.5 Å². The van der Waals surface area contributed by atoms with Gasteiger partial charge < -0.3 is 5.48 Å². The third-order valence-electron chi connectivity index (χ3n) is 1.75. The molecule has 0 amide bonds. The molecule has 1 nitrogen and oxygen atoms in total. The summed E-state index contributed by atoms with van der Waals surface area (Å²) in [6.45, 7) is 4.50. The summed E-state index contributed by atoms with van der Waals surface area (Å²) >= 11 is 3.91. The van der Waals surface area contributed by atoms with E-state index in [4.69, 9.17) is 0 Å². The van der Waals surface area contributed by atoms with E-state index in [1.54, 1.807) is 0 Å². The van der Waals surface area contributed by atoms with Gasteiger partial charge in [-0.1, -0.05) is 0 Å². The Morgan fingerprint density at radius 2 is 1.90 bits per heavy atom. The van der Waals surface area contributed by atoms with Crippen LogP contribution in [-0.4, -0.2) is 0 Å². The van der Waals surface area contributed by atoms with Crippen LogP contribution in [0.2, 0.25) is 5.32 Å². The Bertz CT molecular complexity index is 53.2. The fourth-order valence-electron chi connectivity index (χ4n) is 0.871. The molecule has 0 radical (unpaired) electrons. The van der Waals surface area contributed by atoms with Crippen LogP contribution in [0.25, 0.3) is 0 Å². The Hall–Kier alpha value is 0.479. The number of unbranched alkanes of at least 4 members (excludes halogenated alkanes) is 1. The molecule has 0 aliphatic carbocycles. The van der Waals surface area contributed by atoms with Crippen molar-refractivity contribution < 1.29 is 21.5 Å². The van der Waals surface area contributed by atoms with Crippen LogP contribution in [0.15, 0.2) is 0 Å². The molecule has 0 aliphatic rings. The van der Waals surface area contributed by atoms with Crippen molar-refractivity contribution in [1.82, 2.24) is 0 Å². The molecule has 2 heteroatoms. The average Bonchev–Trinajstić information content (AvgIpc) is 1.91. The van der Waals surface area contributed by atoms with Crippen LogP contribution in [0.5, 0.6) is 0 Å². The third kappa shape index (κ3) is 6.60. The molecule has 0 aromatic heterocycles. The van der Waals surface area contributed by atoms with Crippen molar-refractivity contribution in [3.05, 3.63) is 0 Å². The van der Waals surface area contributed by atoms with E-state index in [0.29, 0.717) is 0 Å². The van der Waals surface area contributed by atoms with Crippen molar-refractivity contribution in [2.75, 3.05) is 0 Å². The van der Waals surface area contributed by atoms with Gasteiger partial charge in [0.05, 0.1) is 0 Å². The van der Waals surface area contributed by atoms with Crippen LogP contribution < -0.4 is 0 Å². The molecule has 1 unspecified atom stereocenters. The second-order valence-corrected chi connectivity index (χ2v) is 3.01. The molecule has 0 aromatic rings. The van der Waals surface area contributed by atoms with Crippen LogP contribution in [0.4, 0.5) is 0 Å². The molecule has 0 N–H and O–H groups in total. The van der Waals surface area contributed by atoms with E-state index in [1.807, 2.05) is 0 Å². The second-order valence-electron chi connectivity index (χ2n) is 2.56. The monoisotopic (exact) mass is 185 g/mol. The van der Waals surface area contributed by atoms with Gasteiger partial charge in [0.15, 0.2) is 0 Å². The number of rotatable bonds is 5. The SMILES string of the molecule is CCCCC(CC)[CH2][Fe+2].[O-2]. The first-order valence-electron chi connectivity index (χ1n) is 3.89. The fourth-order valence-corrected chi connectivity index (χ4v) is 1.42. The van der Waals surface area contributed by atoms with Crippen molar-refractivity contribution in [1.29, 1.82) is 0 Å². The first kappa shape index (κ1) is 13.1. The van der Waals surface area contributed by atoms with Crippen LogP contribution >= 0.6 is 0 Å². The summed E-state index contributed by atoms with van der Waals surface area (Å²) < 4.78 is 0. The van der Waals surface area contributed by atoms with Gasteiger partial charge in [0, 0.05) is 0 Å². The van der Waals surface area contributed by atoms with Gasteiger partial charge >= 0.3 is 66.8 Å². The molecule has 0 rings (SSSR count). The largest absolute Gasteiger partial charge is 2.00 e. The van der Waals surface area contributed by atoms with Crippen LogP contribution in [0, 0.1) is 5.92 Å². The van der Waals surface area contributed by atoms with Gasteiger partial charge in [0.25, 0.3) is 0 Å². The maximum absolute atomic E-state index is 3.91. The summed E-state index contributed by atoms with van der Waals surface area (Å²) in [5.74, 6) is 0.893. The first-order valence-corrected chi connectivity index (χ1v) is 4.67. The third-order valence-corrected chi connectivity index (χ3v) is 2.38. The topological polar surface area (TPSA) is 28.5 Å².